The van der Waals surface area contributed by atoms with Crippen molar-refractivity contribution in [2.45, 2.75) is 20.0 Å². The summed E-state index contributed by atoms with van der Waals surface area (Å²) in [6.07, 6.45) is 3.68. The third kappa shape index (κ3) is 4.94. The summed E-state index contributed by atoms with van der Waals surface area (Å²) >= 11 is 0. The second-order valence-electron chi connectivity index (χ2n) is 5.85. The van der Waals surface area contributed by atoms with Gasteiger partial charge in [0.05, 0.1) is 6.54 Å². The van der Waals surface area contributed by atoms with Crippen LogP contribution in [0.25, 0.3) is 0 Å². The predicted octanol–water partition coefficient (Wildman–Crippen LogP) is 2.94. The lowest BCUT2D eigenvalue weighted by molar-refractivity contribution is -0.123. The van der Waals surface area contributed by atoms with E-state index in [1.165, 1.54) is 0 Å². The summed E-state index contributed by atoms with van der Waals surface area (Å²) in [5.41, 5.74) is 3.36. The average Bonchev–Trinajstić information content (AvgIpc) is 3.13. The fourth-order valence-electron chi connectivity index (χ4n) is 2.48. The third-order valence-corrected chi connectivity index (χ3v) is 3.88. The predicted molar refractivity (Wildman–Crippen MR) is 96.3 cm³/mol. The van der Waals surface area contributed by atoms with Crippen molar-refractivity contribution in [3.05, 3.63) is 83.7 Å². The van der Waals surface area contributed by atoms with Crippen molar-refractivity contribution in [2.75, 3.05) is 6.61 Å². The Morgan fingerprint density at radius 3 is 2.56 bits per heavy atom. The Hall–Kier alpha value is -3.08. The van der Waals surface area contributed by atoms with Gasteiger partial charge in [-0.3, -0.25) is 9.48 Å². The van der Waals surface area contributed by atoms with E-state index in [0.717, 1.165) is 16.7 Å². The van der Waals surface area contributed by atoms with Crippen LogP contribution in [0.1, 0.15) is 16.7 Å². The maximum atomic E-state index is 12.0. The Morgan fingerprint density at radius 2 is 1.84 bits per heavy atom. The fourth-order valence-corrected chi connectivity index (χ4v) is 2.48. The summed E-state index contributed by atoms with van der Waals surface area (Å²) in [6, 6.07) is 17.6. The molecule has 5 nitrogen and oxygen atoms in total. The van der Waals surface area contributed by atoms with Gasteiger partial charge in [-0.15, -0.1) is 0 Å². The van der Waals surface area contributed by atoms with Crippen molar-refractivity contribution in [1.82, 2.24) is 15.1 Å². The van der Waals surface area contributed by atoms with Gasteiger partial charge in [-0.2, -0.15) is 5.10 Å². The summed E-state index contributed by atoms with van der Waals surface area (Å²) in [5.74, 6) is 0.550. The van der Waals surface area contributed by atoms with Crippen LogP contribution in [-0.2, 0) is 17.9 Å². The maximum absolute atomic E-state index is 12.0. The van der Waals surface area contributed by atoms with Crippen molar-refractivity contribution in [3.8, 4) is 5.75 Å². The number of benzene rings is 2. The lowest BCUT2D eigenvalue weighted by Crippen LogP contribution is -2.28. The van der Waals surface area contributed by atoms with Crippen LogP contribution >= 0.6 is 0 Å². The Kier molecular flexibility index (Phi) is 5.46. The molecule has 0 fully saturated rings. The number of hydrogen-bond donors (Lipinski definition) is 1. The SMILES string of the molecule is Cc1ccc(OCC(=O)NCc2ccccc2Cn2cccn2)cc1. The molecule has 25 heavy (non-hydrogen) atoms. The van der Waals surface area contributed by atoms with Crippen LogP contribution in [0.2, 0.25) is 0 Å². The zero-order valence-corrected chi connectivity index (χ0v) is 14.2. The lowest BCUT2D eigenvalue weighted by atomic mass is 10.1. The summed E-state index contributed by atoms with van der Waals surface area (Å²) in [5, 5.41) is 7.13. The van der Waals surface area contributed by atoms with Gasteiger partial charge in [0.2, 0.25) is 0 Å². The van der Waals surface area contributed by atoms with E-state index >= 15 is 0 Å². The van der Waals surface area contributed by atoms with Crippen LogP contribution in [0.3, 0.4) is 0 Å². The molecule has 1 heterocycles. The summed E-state index contributed by atoms with van der Waals surface area (Å²) in [7, 11) is 0. The first-order valence-electron chi connectivity index (χ1n) is 8.21. The van der Waals surface area contributed by atoms with Crippen LogP contribution in [0.5, 0.6) is 5.75 Å². The molecule has 1 aromatic heterocycles. The smallest absolute Gasteiger partial charge is 0.258 e. The number of nitrogens with one attached hydrogen (secondary N) is 1. The van der Waals surface area contributed by atoms with Crippen molar-refractivity contribution < 1.29 is 9.53 Å². The number of carbonyl (C=O) groups is 1. The van der Waals surface area contributed by atoms with Gasteiger partial charge in [0.25, 0.3) is 5.91 Å². The molecule has 1 amide bonds. The molecule has 1 N–H and O–H groups in total. The monoisotopic (exact) mass is 335 g/mol. The van der Waals surface area contributed by atoms with E-state index in [-0.39, 0.29) is 12.5 Å². The molecule has 3 aromatic rings. The normalized spacial score (nSPS) is 10.4. The largest absolute Gasteiger partial charge is 0.484 e. The van der Waals surface area contributed by atoms with E-state index in [1.54, 1.807) is 6.20 Å². The topological polar surface area (TPSA) is 56.1 Å². The van der Waals surface area contributed by atoms with Gasteiger partial charge in [-0.25, -0.2) is 0 Å². The molecule has 0 aliphatic carbocycles. The molecule has 0 saturated heterocycles. The molecule has 0 radical (unpaired) electrons. The fraction of sp³-hybridized carbons (Fsp3) is 0.200. The molecule has 2 aromatic carbocycles. The molecule has 0 unspecified atom stereocenters. The highest BCUT2D eigenvalue weighted by molar-refractivity contribution is 5.77. The van der Waals surface area contributed by atoms with Gasteiger partial charge < -0.3 is 10.1 Å². The van der Waals surface area contributed by atoms with Gasteiger partial charge in [-0.1, -0.05) is 42.0 Å². The standard InChI is InChI=1S/C20H21N3O2/c1-16-7-9-19(10-8-16)25-15-20(24)21-13-17-5-2-3-6-18(17)14-23-12-4-11-22-23/h2-12H,13-15H2,1H3,(H,21,24). The molecule has 0 saturated carbocycles. The Bertz CT molecular complexity index is 811. The maximum Gasteiger partial charge on any atom is 0.258 e. The first-order chi connectivity index (χ1) is 12.2. The van der Waals surface area contributed by atoms with Gasteiger partial charge in [0, 0.05) is 18.9 Å². The van der Waals surface area contributed by atoms with Gasteiger partial charge in [-0.05, 0) is 36.2 Å². The number of amides is 1. The van der Waals surface area contributed by atoms with Crippen molar-refractivity contribution in [3.63, 3.8) is 0 Å². The minimum atomic E-state index is -0.144. The van der Waals surface area contributed by atoms with E-state index in [1.807, 2.05) is 72.4 Å². The number of ether oxygens (including phenoxy) is 1. The minimum Gasteiger partial charge on any atom is -0.484 e. The quantitative estimate of drug-likeness (QED) is 0.722. The number of hydrogen-bond acceptors (Lipinski definition) is 3. The number of aryl methyl sites for hydroxylation is 1. The first kappa shape index (κ1) is 16.8. The van der Waals surface area contributed by atoms with Gasteiger partial charge >= 0.3 is 0 Å². The number of rotatable bonds is 7. The Balaban J connectivity index is 1.52. The van der Waals surface area contributed by atoms with Crippen LogP contribution in [0, 0.1) is 6.92 Å². The van der Waals surface area contributed by atoms with Crippen molar-refractivity contribution in [1.29, 1.82) is 0 Å². The molecule has 0 aliphatic rings. The van der Waals surface area contributed by atoms with Gasteiger partial charge in [0.15, 0.2) is 6.61 Å². The third-order valence-electron chi connectivity index (χ3n) is 3.88. The van der Waals surface area contributed by atoms with Crippen LogP contribution in [0.15, 0.2) is 67.0 Å². The zero-order chi connectivity index (χ0) is 17.5. The van der Waals surface area contributed by atoms with E-state index < -0.39 is 0 Å². The van der Waals surface area contributed by atoms with E-state index in [9.17, 15) is 4.79 Å². The second kappa shape index (κ2) is 8.15. The molecule has 3 rings (SSSR count). The molecular formula is C20H21N3O2. The minimum absolute atomic E-state index is 0.00435. The summed E-state index contributed by atoms with van der Waals surface area (Å²) in [4.78, 5) is 12.0. The molecule has 0 bridgehead atoms. The van der Waals surface area contributed by atoms with Crippen molar-refractivity contribution >= 4 is 5.91 Å². The molecular weight excluding hydrogens is 314 g/mol. The van der Waals surface area contributed by atoms with Gasteiger partial charge in [0.1, 0.15) is 5.75 Å². The van der Waals surface area contributed by atoms with Crippen LogP contribution in [-0.4, -0.2) is 22.3 Å². The van der Waals surface area contributed by atoms with Crippen LogP contribution in [0.4, 0.5) is 0 Å². The first-order valence-corrected chi connectivity index (χ1v) is 8.21. The van der Waals surface area contributed by atoms with Crippen molar-refractivity contribution in [2.24, 2.45) is 0 Å². The molecule has 0 spiro atoms. The highest BCUT2D eigenvalue weighted by Gasteiger charge is 2.06. The lowest BCUT2D eigenvalue weighted by Gasteiger charge is -2.11. The molecule has 0 atom stereocenters. The molecule has 5 heteroatoms. The molecule has 128 valence electrons. The zero-order valence-electron chi connectivity index (χ0n) is 14.2. The number of aromatic nitrogens is 2. The number of carbonyl (C=O) groups excluding carboxylic acids is 1. The highest BCUT2D eigenvalue weighted by Crippen LogP contribution is 2.12. The molecule has 0 aliphatic heterocycles. The van der Waals surface area contributed by atoms with E-state index in [4.69, 9.17) is 4.74 Å². The summed E-state index contributed by atoms with van der Waals surface area (Å²) in [6.45, 7) is 3.16. The second-order valence-corrected chi connectivity index (χ2v) is 5.85. The summed E-state index contributed by atoms with van der Waals surface area (Å²) < 4.78 is 7.36. The average molecular weight is 335 g/mol. The van der Waals surface area contributed by atoms with E-state index in [2.05, 4.69) is 10.4 Å². The van der Waals surface area contributed by atoms with Crippen LogP contribution < -0.4 is 10.1 Å². The Morgan fingerprint density at radius 1 is 1.08 bits per heavy atom. The van der Waals surface area contributed by atoms with E-state index in [0.29, 0.717) is 18.8 Å². The number of nitrogens with zero attached hydrogens (tertiary/aromatic N) is 2. The Labute approximate surface area is 147 Å². The highest BCUT2D eigenvalue weighted by atomic mass is 16.5.